The van der Waals surface area contributed by atoms with Crippen molar-refractivity contribution < 1.29 is 18.0 Å². The summed E-state index contributed by atoms with van der Waals surface area (Å²) in [4.78, 5) is 11.9. The maximum absolute atomic E-state index is 12.6. The summed E-state index contributed by atoms with van der Waals surface area (Å²) >= 11 is 3.36. The molecular weight excluding hydrogens is 391 g/mol. The van der Waals surface area contributed by atoms with Crippen molar-refractivity contribution in [2.45, 2.75) is 46.1 Å². The van der Waals surface area contributed by atoms with Crippen molar-refractivity contribution in [2.24, 2.45) is 0 Å². The molecule has 2 aromatic heterocycles. The lowest BCUT2D eigenvalue weighted by molar-refractivity contribution is -0.141. The minimum absolute atomic E-state index is 0.0337. The fourth-order valence-corrected chi connectivity index (χ4v) is 2.53. The third-order valence-electron chi connectivity index (χ3n) is 3.39. The zero-order valence-electron chi connectivity index (χ0n) is 13.2. The molecule has 10 heteroatoms. The van der Waals surface area contributed by atoms with Crippen molar-refractivity contribution in [3.8, 4) is 0 Å². The second-order valence-electron chi connectivity index (χ2n) is 5.20. The van der Waals surface area contributed by atoms with Gasteiger partial charge < -0.3 is 5.32 Å². The van der Waals surface area contributed by atoms with Crippen molar-refractivity contribution in [2.75, 3.05) is 0 Å². The molecule has 0 aliphatic rings. The molecule has 0 unspecified atom stereocenters. The van der Waals surface area contributed by atoms with Gasteiger partial charge in [-0.3, -0.25) is 14.2 Å². The molecule has 2 heterocycles. The molecule has 2 rings (SSSR count). The van der Waals surface area contributed by atoms with Gasteiger partial charge >= 0.3 is 6.18 Å². The normalized spacial score (nSPS) is 11.8. The molecule has 2 aromatic rings. The van der Waals surface area contributed by atoms with Crippen LogP contribution in [0.5, 0.6) is 0 Å². The first-order valence-electron chi connectivity index (χ1n) is 7.31. The van der Waals surface area contributed by atoms with E-state index >= 15 is 0 Å². The van der Waals surface area contributed by atoms with E-state index in [1.165, 1.54) is 11.6 Å². The van der Waals surface area contributed by atoms with Crippen LogP contribution < -0.4 is 5.32 Å². The number of aromatic nitrogens is 4. The van der Waals surface area contributed by atoms with Crippen molar-refractivity contribution in [3.05, 3.63) is 33.8 Å². The Morgan fingerprint density at radius 3 is 2.62 bits per heavy atom. The molecule has 1 N–H and O–H groups in total. The predicted octanol–water partition coefficient (Wildman–Crippen LogP) is 2.90. The molecule has 0 radical (unpaired) electrons. The van der Waals surface area contributed by atoms with Crippen molar-refractivity contribution >= 4 is 21.8 Å². The molecule has 0 aliphatic heterocycles. The zero-order chi connectivity index (χ0) is 17.9. The van der Waals surface area contributed by atoms with Crippen LogP contribution in [0.4, 0.5) is 13.2 Å². The number of hydrogen-bond acceptors (Lipinski definition) is 3. The molecule has 0 saturated heterocycles. The Morgan fingerprint density at radius 2 is 2.08 bits per heavy atom. The van der Waals surface area contributed by atoms with Gasteiger partial charge in [0.15, 0.2) is 5.69 Å². The van der Waals surface area contributed by atoms with E-state index in [-0.39, 0.29) is 25.4 Å². The third-order valence-corrected chi connectivity index (χ3v) is 4.05. The van der Waals surface area contributed by atoms with E-state index < -0.39 is 11.9 Å². The molecule has 1 amide bonds. The van der Waals surface area contributed by atoms with Gasteiger partial charge in [-0.2, -0.15) is 23.4 Å². The summed E-state index contributed by atoms with van der Waals surface area (Å²) in [6, 6.07) is 0.965. The summed E-state index contributed by atoms with van der Waals surface area (Å²) in [5, 5.41) is 10.5. The van der Waals surface area contributed by atoms with Gasteiger partial charge in [0, 0.05) is 31.4 Å². The van der Waals surface area contributed by atoms with Gasteiger partial charge in [-0.25, -0.2) is 0 Å². The molecule has 24 heavy (non-hydrogen) atoms. The van der Waals surface area contributed by atoms with E-state index in [1.807, 2.05) is 13.1 Å². The molecule has 0 saturated carbocycles. The van der Waals surface area contributed by atoms with Gasteiger partial charge in [0.25, 0.3) is 0 Å². The summed E-state index contributed by atoms with van der Waals surface area (Å²) in [5.41, 5.74) is 0.105. The number of carbonyl (C=O) groups excluding carboxylic acids is 1. The lowest BCUT2D eigenvalue weighted by atomic mass is 10.3. The van der Waals surface area contributed by atoms with Crippen LogP contribution in [0.15, 0.2) is 16.7 Å². The Labute approximate surface area is 145 Å². The Bertz CT molecular complexity index is 723. The van der Waals surface area contributed by atoms with Crippen molar-refractivity contribution in [3.63, 3.8) is 0 Å². The monoisotopic (exact) mass is 407 g/mol. The average molecular weight is 408 g/mol. The lowest BCUT2D eigenvalue weighted by Gasteiger charge is -2.06. The molecule has 0 atom stereocenters. The number of halogens is 4. The van der Waals surface area contributed by atoms with Crippen LogP contribution in [-0.4, -0.2) is 25.5 Å². The summed E-state index contributed by atoms with van der Waals surface area (Å²) < 4.78 is 41.5. The summed E-state index contributed by atoms with van der Waals surface area (Å²) in [7, 11) is 0. The second kappa shape index (κ2) is 7.37. The minimum Gasteiger partial charge on any atom is -0.350 e. The van der Waals surface area contributed by atoms with Crippen LogP contribution >= 0.6 is 15.9 Å². The smallest absolute Gasteiger partial charge is 0.350 e. The molecular formula is C14H17BrF3N5O. The largest absolute Gasteiger partial charge is 0.435 e. The molecule has 0 bridgehead atoms. The number of hydrogen-bond donors (Lipinski definition) is 1. The van der Waals surface area contributed by atoms with Crippen molar-refractivity contribution in [1.29, 1.82) is 0 Å². The highest BCUT2D eigenvalue weighted by Crippen LogP contribution is 2.28. The molecule has 132 valence electrons. The SMILES string of the molecule is CCn1cc(Br)c(CNC(=O)CCn2nc(C(F)(F)F)cc2C)n1. The van der Waals surface area contributed by atoms with Crippen LogP contribution in [0.3, 0.4) is 0 Å². The number of alkyl halides is 3. The minimum atomic E-state index is -4.48. The van der Waals surface area contributed by atoms with E-state index in [4.69, 9.17) is 0 Å². The molecule has 0 aliphatic carbocycles. The topological polar surface area (TPSA) is 64.7 Å². The first-order chi connectivity index (χ1) is 11.2. The van der Waals surface area contributed by atoms with E-state index in [1.54, 1.807) is 4.68 Å². The fourth-order valence-electron chi connectivity index (χ4n) is 2.07. The number of amides is 1. The van der Waals surface area contributed by atoms with Gasteiger partial charge in [0.2, 0.25) is 5.91 Å². The summed E-state index contributed by atoms with van der Waals surface area (Å²) in [6.07, 6.45) is -2.64. The van der Waals surface area contributed by atoms with Gasteiger partial charge in [-0.1, -0.05) is 0 Å². The Balaban J connectivity index is 1.87. The van der Waals surface area contributed by atoms with Crippen LogP contribution in [0.1, 0.15) is 30.4 Å². The first kappa shape index (κ1) is 18.5. The highest BCUT2D eigenvalue weighted by Gasteiger charge is 2.34. The Morgan fingerprint density at radius 1 is 1.38 bits per heavy atom. The van der Waals surface area contributed by atoms with E-state index in [2.05, 4.69) is 31.4 Å². The van der Waals surface area contributed by atoms with Gasteiger partial charge in [-0.05, 0) is 35.8 Å². The highest BCUT2D eigenvalue weighted by molar-refractivity contribution is 9.10. The standard InChI is InChI=1S/C14H17BrF3N5O/c1-3-22-8-10(15)11(20-22)7-19-13(24)4-5-23-9(2)6-12(21-23)14(16,17)18/h6,8H,3-5,7H2,1-2H3,(H,19,24). The van der Waals surface area contributed by atoms with E-state index in [0.29, 0.717) is 17.9 Å². The van der Waals surface area contributed by atoms with E-state index in [9.17, 15) is 18.0 Å². The summed E-state index contributed by atoms with van der Waals surface area (Å²) in [6.45, 7) is 4.52. The van der Waals surface area contributed by atoms with Crippen LogP contribution in [0.2, 0.25) is 0 Å². The van der Waals surface area contributed by atoms with Crippen LogP contribution in [-0.2, 0) is 30.6 Å². The van der Waals surface area contributed by atoms with Crippen LogP contribution in [0.25, 0.3) is 0 Å². The number of nitrogens with zero attached hydrogens (tertiary/aromatic N) is 4. The quantitative estimate of drug-likeness (QED) is 0.800. The predicted molar refractivity (Wildman–Crippen MR) is 84.0 cm³/mol. The second-order valence-corrected chi connectivity index (χ2v) is 6.05. The number of carbonyl (C=O) groups is 1. The molecule has 0 spiro atoms. The number of rotatable bonds is 6. The van der Waals surface area contributed by atoms with E-state index in [0.717, 1.165) is 10.5 Å². The van der Waals surface area contributed by atoms with Crippen LogP contribution in [0, 0.1) is 6.92 Å². The molecule has 0 aromatic carbocycles. The zero-order valence-corrected chi connectivity index (χ0v) is 14.8. The molecule has 0 fully saturated rings. The average Bonchev–Trinajstić information content (AvgIpc) is 3.05. The van der Waals surface area contributed by atoms with Gasteiger partial charge in [0.05, 0.1) is 16.7 Å². The van der Waals surface area contributed by atoms with Gasteiger partial charge in [-0.15, -0.1) is 0 Å². The maximum atomic E-state index is 12.6. The van der Waals surface area contributed by atoms with Gasteiger partial charge in [0.1, 0.15) is 0 Å². The summed E-state index contributed by atoms with van der Waals surface area (Å²) in [5.74, 6) is -0.281. The highest BCUT2D eigenvalue weighted by atomic mass is 79.9. The number of nitrogens with one attached hydrogen (secondary N) is 1. The Hall–Kier alpha value is -1.84. The third kappa shape index (κ3) is 4.59. The maximum Gasteiger partial charge on any atom is 0.435 e. The Kier molecular flexibility index (Phi) is 5.68. The lowest BCUT2D eigenvalue weighted by Crippen LogP contribution is -2.25. The molecule has 6 nitrogen and oxygen atoms in total. The first-order valence-corrected chi connectivity index (χ1v) is 8.10. The van der Waals surface area contributed by atoms with Crippen molar-refractivity contribution in [1.82, 2.24) is 24.9 Å². The number of aryl methyl sites for hydroxylation is 3. The fraction of sp³-hybridized carbons (Fsp3) is 0.500.